The summed E-state index contributed by atoms with van der Waals surface area (Å²) in [5, 5.41) is 2.13. The van der Waals surface area contributed by atoms with Gasteiger partial charge in [0.1, 0.15) is 11.0 Å². The molecule has 5 nitrogen and oxygen atoms in total. The maximum Gasteiger partial charge on any atom is 0.225 e. The lowest BCUT2D eigenvalue weighted by molar-refractivity contribution is -0.128. The normalized spacial score (nSPS) is 13.5. The Morgan fingerprint density at radius 3 is 2.33 bits per heavy atom. The SMILES string of the molecule is CC(C)(C)C(=O)NCC(c1ccco1)S(=O)(=O)c1ccc(Cl)cc1. The first-order chi connectivity index (χ1) is 11.1. The number of furan rings is 1. The van der Waals surface area contributed by atoms with Crippen molar-refractivity contribution < 1.29 is 17.6 Å². The fourth-order valence-electron chi connectivity index (χ4n) is 2.08. The van der Waals surface area contributed by atoms with Crippen LogP contribution in [0.4, 0.5) is 0 Å². The Balaban J connectivity index is 2.33. The number of hydrogen-bond acceptors (Lipinski definition) is 4. The van der Waals surface area contributed by atoms with Gasteiger partial charge >= 0.3 is 0 Å². The Kier molecular flexibility index (Phi) is 5.40. The predicted molar refractivity (Wildman–Crippen MR) is 92.6 cm³/mol. The quantitative estimate of drug-likeness (QED) is 0.873. The van der Waals surface area contributed by atoms with Crippen LogP contribution in [0.5, 0.6) is 0 Å². The van der Waals surface area contributed by atoms with Gasteiger partial charge in [-0.3, -0.25) is 4.79 Å². The number of carbonyl (C=O) groups is 1. The lowest BCUT2D eigenvalue weighted by atomic mass is 9.96. The van der Waals surface area contributed by atoms with Crippen molar-refractivity contribution in [3.63, 3.8) is 0 Å². The molecule has 1 heterocycles. The van der Waals surface area contributed by atoms with E-state index in [9.17, 15) is 13.2 Å². The molecule has 0 saturated heterocycles. The van der Waals surface area contributed by atoms with E-state index in [1.165, 1.54) is 30.5 Å². The average molecular weight is 370 g/mol. The van der Waals surface area contributed by atoms with Crippen LogP contribution in [0.2, 0.25) is 5.02 Å². The zero-order valence-corrected chi connectivity index (χ0v) is 15.3. The summed E-state index contributed by atoms with van der Waals surface area (Å²) in [6.45, 7) is 5.21. The lowest BCUT2D eigenvalue weighted by Crippen LogP contribution is -2.38. The van der Waals surface area contributed by atoms with Gasteiger partial charge in [0.25, 0.3) is 0 Å². The molecule has 24 heavy (non-hydrogen) atoms. The number of benzene rings is 1. The Morgan fingerprint density at radius 1 is 1.21 bits per heavy atom. The second-order valence-electron chi connectivity index (χ2n) is 6.46. The van der Waals surface area contributed by atoms with Crippen LogP contribution in [-0.4, -0.2) is 20.9 Å². The first kappa shape index (κ1) is 18.5. The number of nitrogens with one attached hydrogen (secondary N) is 1. The minimum Gasteiger partial charge on any atom is -0.468 e. The molecule has 1 atom stereocenters. The van der Waals surface area contributed by atoms with Crippen LogP contribution in [-0.2, 0) is 14.6 Å². The van der Waals surface area contributed by atoms with Crippen molar-refractivity contribution in [2.24, 2.45) is 5.41 Å². The summed E-state index contributed by atoms with van der Waals surface area (Å²) < 4.78 is 31.2. The Bertz CT molecular complexity index is 790. The van der Waals surface area contributed by atoms with Gasteiger partial charge < -0.3 is 9.73 Å². The summed E-state index contributed by atoms with van der Waals surface area (Å²) in [7, 11) is -3.75. The van der Waals surface area contributed by atoms with Crippen molar-refractivity contribution >= 4 is 27.3 Å². The van der Waals surface area contributed by atoms with Gasteiger partial charge in [0.2, 0.25) is 5.91 Å². The fraction of sp³-hybridized carbons (Fsp3) is 0.353. The summed E-state index contributed by atoms with van der Waals surface area (Å²) in [5.74, 6) is 0.0459. The highest BCUT2D eigenvalue weighted by Gasteiger charge is 2.33. The van der Waals surface area contributed by atoms with Crippen LogP contribution in [0, 0.1) is 5.41 Å². The van der Waals surface area contributed by atoms with Gasteiger partial charge in [-0.25, -0.2) is 8.42 Å². The molecule has 1 aromatic heterocycles. The molecule has 1 aromatic carbocycles. The molecule has 130 valence electrons. The minimum atomic E-state index is -3.75. The van der Waals surface area contributed by atoms with Gasteiger partial charge in [0, 0.05) is 17.0 Å². The number of amides is 1. The number of sulfone groups is 1. The molecule has 1 N–H and O–H groups in total. The highest BCUT2D eigenvalue weighted by Crippen LogP contribution is 2.30. The highest BCUT2D eigenvalue weighted by atomic mass is 35.5. The number of rotatable bonds is 5. The van der Waals surface area contributed by atoms with Crippen molar-refractivity contribution in [3.8, 4) is 0 Å². The van der Waals surface area contributed by atoms with Gasteiger partial charge in [-0.15, -0.1) is 0 Å². The topological polar surface area (TPSA) is 76.4 Å². The molecule has 2 aromatic rings. The zero-order valence-electron chi connectivity index (χ0n) is 13.7. The number of carbonyl (C=O) groups excluding carboxylic acids is 1. The van der Waals surface area contributed by atoms with Gasteiger partial charge in [0.15, 0.2) is 9.84 Å². The van der Waals surface area contributed by atoms with E-state index in [4.69, 9.17) is 16.0 Å². The molecule has 0 fully saturated rings. The second kappa shape index (κ2) is 6.99. The smallest absolute Gasteiger partial charge is 0.225 e. The molecule has 0 spiro atoms. The van der Waals surface area contributed by atoms with E-state index in [1.807, 2.05) is 0 Å². The van der Waals surface area contributed by atoms with E-state index in [0.29, 0.717) is 5.02 Å². The van der Waals surface area contributed by atoms with Crippen molar-refractivity contribution in [3.05, 3.63) is 53.4 Å². The van der Waals surface area contributed by atoms with E-state index in [2.05, 4.69) is 5.32 Å². The third-order valence-corrected chi connectivity index (χ3v) is 5.84. The molecular weight excluding hydrogens is 350 g/mol. The maximum atomic E-state index is 12.9. The molecule has 0 aliphatic carbocycles. The summed E-state index contributed by atoms with van der Waals surface area (Å²) in [6, 6.07) is 9.12. The predicted octanol–water partition coefficient (Wildman–Crippen LogP) is 3.61. The van der Waals surface area contributed by atoms with Crippen molar-refractivity contribution in [2.45, 2.75) is 30.9 Å². The van der Waals surface area contributed by atoms with Crippen LogP contribution < -0.4 is 5.32 Å². The average Bonchev–Trinajstić information content (AvgIpc) is 3.00. The van der Waals surface area contributed by atoms with Crippen LogP contribution >= 0.6 is 11.6 Å². The van der Waals surface area contributed by atoms with E-state index in [0.717, 1.165) is 0 Å². The molecule has 0 aliphatic heterocycles. The lowest BCUT2D eigenvalue weighted by Gasteiger charge is -2.21. The van der Waals surface area contributed by atoms with Gasteiger partial charge in [-0.05, 0) is 36.4 Å². The number of halogens is 1. The van der Waals surface area contributed by atoms with Crippen LogP contribution in [0.1, 0.15) is 31.8 Å². The summed E-state index contributed by atoms with van der Waals surface area (Å²) in [4.78, 5) is 12.2. The van der Waals surface area contributed by atoms with Crippen LogP contribution in [0.15, 0.2) is 52.0 Å². The van der Waals surface area contributed by atoms with Gasteiger partial charge in [-0.1, -0.05) is 32.4 Å². The van der Waals surface area contributed by atoms with E-state index >= 15 is 0 Å². The van der Waals surface area contributed by atoms with Crippen molar-refractivity contribution in [1.82, 2.24) is 5.32 Å². The van der Waals surface area contributed by atoms with E-state index < -0.39 is 20.5 Å². The molecule has 1 unspecified atom stereocenters. The first-order valence-electron chi connectivity index (χ1n) is 7.43. The Morgan fingerprint density at radius 2 is 1.83 bits per heavy atom. The molecule has 7 heteroatoms. The second-order valence-corrected chi connectivity index (χ2v) is 9.03. The zero-order chi connectivity index (χ0) is 18.0. The van der Waals surface area contributed by atoms with E-state index in [-0.39, 0.29) is 23.1 Å². The fourth-order valence-corrected chi connectivity index (χ4v) is 3.79. The monoisotopic (exact) mass is 369 g/mol. The molecule has 0 saturated carbocycles. The molecular formula is C17H20ClNO4S. The maximum absolute atomic E-state index is 12.9. The van der Waals surface area contributed by atoms with Crippen molar-refractivity contribution in [1.29, 1.82) is 0 Å². The minimum absolute atomic E-state index is 0.0748. The molecule has 2 rings (SSSR count). The standard InChI is InChI=1S/C17H20ClNO4S/c1-17(2,3)16(20)19-11-15(14-5-4-10-23-14)24(21,22)13-8-6-12(18)7-9-13/h4-10,15H,11H2,1-3H3,(H,19,20). The van der Waals surface area contributed by atoms with Gasteiger partial charge in [0.05, 0.1) is 11.2 Å². The first-order valence-corrected chi connectivity index (χ1v) is 9.36. The summed E-state index contributed by atoms with van der Waals surface area (Å²) in [6.07, 6.45) is 1.41. The third kappa shape index (κ3) is 4.19. The van der Waals surface area contributed by atoms with Crippen molar-refractivity contribution in [2.75, 3.05) is 6.54 Å². The number of hydrogen-bond donors (Lipinski definition) is 1. The van der Waals surface area contributed by atoms with E-state index in [1.54, 1.807) is 32.9 Å². The summed E-state index contributed by atoms with van der Waals surface area (Å²) in [5.41, 5.74) is -0.613. The van der Waals surface area contributed by atoms with Crippen LogP contribution in [0.25, 0.3) is 0 Å². The molecule has 0 bridgehead atoms. The van der Waals surface area contributed by atoms with Crippen LogP contribution in [0.3, 0.4) is 0 Å². The summed E-state index contributed by atoms with van der Waals surface area (Å²) >= 11 is 5.82. The molecule has 0 aliphatic rings. The largest absolute Gasteiger partial charge is 0.468 e. The third-order valence-electron chi connectivity index (χ3n) is 3.51. The highest BCUT2D eigenvalue weighted by molar-refractivity contribution is 7.91. The molecule has 1 amide bonds. The Labute approximate surface area is 146 Å². The van der Waals surface area contributed by atoms with Gasteiger partial charge in [-0.2, -0.15) is 0 Å². The Hall–Kier alpha value is -1.79. The molecule has 0 radical (unpaired) electrons.